The van der Waals surface area contributed by atoms with Gasteiger partial charge in [0, 0.05) is 15.7 Å². The molecule has 0 aromatic heterocycles. The first kappa shape index (κ1) is 20.5. The number of benzene rings is 2. The molecule has 29 heavy (non-hydrogen) atoms. The summed E-state index contributed by atoms with van der Waals surface area (Å²) in [6.07, 6.45) is 0. The van der Waals surface area contributed by atoms with E-state index in [0.717, 1.165) is 14.9 Å². The molecule has 0 bridgehead atoms. The Morgan fingerprint density at radius 2 is 1.93 bits per heavy atom. The standard InChI is InChI=1S/C20H19BrN4O4/c1-11-8-14(6-7-15(11)21)23-16(26)10-25-18(28)20(2,24-19(25)29)13-5-3-4-12(9-13)17(22)27/h3-9H,10H2,1-2H3,(H2,22,27)(H,23,26)(H,24,29). The number of hydrogen-bond donors (Lipinski definition) is 3. The number of imide groups is 1. The van der Waals surface area contributed by atoms with E-state index >= 15 is 0 Å². The highest BCUT2D eigenvalue weighted by molar-refractivity contribution is 9.10. The molecule has 1 aliphatic heterocycles. The summed E-state index contributed by atoms with van der Waals surface area (Å²) < 4.78 is 0.901. The minimum atomic E-state index is -1.41. The fraction of sp³-hybridized carbons (Fsp3) is 0.200. The van der Waals surface area contributed by atoms with Gasteiger partial charge in [-0.05, 0) is 55.3 Å². The molecule has 1 aliphatic rings. The van der Waals surface area contributed by atoms with Crippen LogP contribution in [0.3, 0.4) is 0 Å². The molecule has 2 aromatic carbocycles. The molecular formula is C20H19BrN4O4. The fourth-order valence-electron chi connectivity index (χ4n) is 3.09. The molecule has 5 amide bonds. The molecule has 1 atom stereocenters. The van der Waals surface area contributed by atoms with E-state index in [9.17, 15) is 19.2 Å². The Hall–Kier alpha value is -3.20. The number of aryl methyl sites for hydroxylation is 1. The number of hydrogen-bond acceptors (Lipinski definition) is 4. The van der Waals surface area contributed by atoms with Crippen molar-refractivity contribution in [1.29, 1.82) is 0 Å². The molecule has 1 fully saturated rings. The van der Waals surface area contributed by atoms with Crippen LogP contribution in [-0.4, -0.2) is 35.2 Å². The summed E-state index contributed by atoms with van der Waals surface area (Å²) in [7, 11) is 0. The molecule has 0 spiro atoms. The first-order valence-corrected chi connectivity index (χ1v) is 9.51. The second kappa shape index (κ2) is 7.67. The van der Waals surface area contributed by atoms with Crippen molar-refractivity contribution in [2.75, 3.05) is 11.9 Å². The van der Waals surface area contributed by atoms with Crippen molar-refractivity contribution < 1.29 is 19.2 Å². The van der Waals surface area contributed by atoms with Crippen LogP contribution in [-0.2, 0) is 15.1 Å². The summed E-state index contributed by atoms with van der Waals surface area (Å²) >= 11 is 3.38. The number of anilines is 1. The Morgan fingerprint density at radius 3 is 2.59 bits per heavy atom. The van der Waals surface area contributed by atoms with Gasteiger partial charge in [0.2, 0.25) is 11.8 Å². The Kier molecular flexibility index (Phi) is 5.43. The van der Waals surface area contributed by atoms with Gasteiger partial charge < -0.3 is 16.4 Å². The predicted octanol–water partition coefficient (Wildman–Crippen LogP) is 2.26. The minimum absolute atomic E-state index is 0.215. The average molecular weight is 459 g/mol. The third-order valence-electron chi connectivity index (χ3n) is 4.74. The van der Waals surface area contributed by atoms with Crippen molar-refractivity contribution in [3.8, 4) is 0 Å². The first-order valence-electron chi connectivity index (χ1n) is 8.72. The number of nitrogens with zero attached hydrogens (tertiary/aromatic N) is 1. The van der Waals surface area contributed by atoms with Crippen LogP contribution in [0.5, 0.6) is 0 Å². The van der Waals surface area contributed by atoms with Crippen LogP contribution < -0.4 is 16.4 Å². The van der Waals surface area contributed by atoms with Crippen molar-refractivity contribution in [3.05, 3.63) is 63.6 Å². The van der Waals surface area contributed by atoms with Crippen LogP contribution in [0.4, 0.5) is 10.5 Å². The second-order valence-electron chi connectivity index (χ2n) is 6.90. The molecular weight excluding hydrogens is 440 g/mol. The number of urea groups is 1. The molecule has 1 saturated heterocycles. The minimum Gasteiger partial charge on any atom is -0.366 e. The number of carbonyl (C=O) groups excluding carboxylic acids is 4. The van der Waals surface area contributed by atoms with Gasteiger partial charge >= 0.3 is 6.03 Å². The zero-order valence-corrected chi connectivity index (χ0v) is 17.4. The largest absolute Gasteiger partial charge is 0.366 e. The number of primary amides is 1. The maximum absolute atomic E-state index is 12.9. The molecule has 0 saturated carbocycles. The van der Waals surface area contributed by atoms with Crippen molar-refractivity contribution in [2.45, 2.75) is 19.4 Å². The number of carbonyl (C=O) groups is 4. The Morgan fingerprint density at radius 1 is 1.21 bits per heavy atom. The monoisotopic (exact) mass is 458 g/mol. The quantitative estimate of drug-likeness (QED) is 0.594. The van der Waals surface area contributed by atoms with Crippen molar-refractivity contribution in [1.82, 2.24) is 10.2 Å². The number of nitrogens with two attached hydrogens (primary N) is 1. The lowest BCUT2D eigenvalue weighted by Gasteiger charge is -2.22. The Labute approximate surface area is 175 Å². The number of amides is 5. The summed E-state index contributed by atoms with van der Waals surface area (Å²) in [6, 6.07) is 10.7. The van der Waals surface area contributed by atoms with Gasteiger partial charge in [0.05, 0.1) is 0 Å². The van der Waals surface area contributed by atoms with Crippen LogP contribution in [0, 0.1) is 6.92 Å². The SMILES string of the molecule is Cc1cc(NC(=O)CN2C(=O)NC(C)(c3cccc(C(N)=O)c3)C2=O)ccc1Br. The van der Waals surface area contributed by atoms with E-state index in [1.54, 1.807) is 30.3 Å². The first-order chi connectivity index (χ1) is 13.6. The number of nitrogens with one attached hydrogen (secondary N) is 2. The highest BCUT2D eigenvalue weighted by atomic mass is 79.9. The lowest BCUT2D eigenvalue weighted by atomic mass is 9.90. The fourth-order valence-corrected chi connectivity index (χ4v) is 3.33. The van der Waals surface area contributed by atoms with Gasteiger partial charge in [-0.3, -0.25) is 19.3 Å². The molecule has 0 aliphatic carbocycles. The van der Waals surface area contributed by atoms with Crippen LogP contribution >= 0.6 is 15.9 Å². The molecule has 3 rings (SSSR count). The maximum Gasteiger partial charge on any atom is 0.325 e. The van der Waals surface area contributed by atoms with Crippen molar-refractivity contribution >= 4 is 45.4 Å². The number of rotatable bonds is 5. The van der Waals surface area contributed by atoms with Gasteiger partial charge in [-0.2, -0.15) is 0 Å². The van der Waals surface area contributed by atoms with Crippen molar-refractivity contribution in [3.63, 3.8) is 0 Å². The van der Waals surface area contributed by atoms with E-state index < -0.39 is 35.8 Å². The predicted molar refractivity (Wildman–Crippen MR) is 110 cm³/mol. The highest BCUT2D eigenvalue weighted by Crippen LogP contribution is 2.29. The topological polar surface area (TPSA) is 122 Å². The lowest BCUT2D eigenvalue weighted by molar-refractivity contribution is -0.133. The smallest absolute Gasteiger partial charge is 0.325 e. The summed E-state index contributed by atoms with van der Waals surface area (Å²) in [6.45, 7) is 2.96. The summed E-state index contributed by atoms with van der Waals surface area (Å²) in [5, 5.41) is 5.27. The molecule has 1 heterocycles. The summed E-state index contributed by atoms with van der Waals surface area (Å²) in [5.74, 6) is -1.75. The van der Waals surface area contributed by atoms with E-state index in [1.165, 1.54) is 19.1 Å². The maximum atomic E-state index is 12.9. The highest BCUT2D eigenvalue weighted by Gasteiger charge is 2.49. The van der Waals surface area contributed by atoms with Gasteiger partial charge in [-0.25, -0.2) is 4.79 Å². The summed E-state index contributed by atoms with van der Waals surface area (Å²) in [4.78, 5) is 50.0. The van der Waals surface area contributed by atoms with Gasteiger partial charge in [-0.15, -0.1) is 0 Å². The molecule has 2 aromatic rings. The normalized spacial score (nSPS) is 18.5. The molecule has 4 N–H and O–H groups in total. The molecule has 9 heteroatoms. The van der Waals surface area contributed by atoms with E-state index in [4.69, 9.17) is 5.73 Å². The molecule has 8 nitrogen and oxygen atoms in total. The Balaban J connectivity index is 1.77. The average Bonchev–Trinajstić information content (AvgIpc) is 2.89. The zero-order chi connectivity index (χ0) is 21.3. The van der Waals surface area contributed by atoms with Crippen LogP contribution in [0.2, 0.25) is 0 Å². The van der Waals surface area contributed by atoms with E-state index in [0.29, 0.717) is 11.3 Å². The second-order valence-corrected chi connectivity index (χ2v) is 7.76. The molecule has 1 unspecified atom stereocenters. The van der Waals surface area contributed by atoms with Crippen LogP contribution in [0.1, 0.15) is 28.4 Å². The van der Waals surface area contributed by atoms with Crippen LogP contribution in [0.15, 0.2) is 46.9 Å². The molecule has 150 valence electrons. The third kappa shape index (κ3) is 4.00. The van der Waals surface area contributed by atoms with E-state index in [1.807, 2.05) is 6.92 Å². The van der Waals surface area contributed by atoms with Gasteiger partial charge in [0.1, 0.15) is 12.1 Å². The van der Waals surface area contributed by atoms with Gasteiger partial charge in [-0.1, -0.05) is 28.1 Å². The van der Waals surface area contributed by atoms with Gasteiger partial charge in [0.25, 0.3) is 5.91 Å². The van der Waals surface area contributed by atoms with E-state index in [2.05, 4.69) is 26.6 Å². The van der Waals surface area contributed by atoms with E-state index in [-0.39, 0.29) is 5.56 Å². The Bertz CT molecular complexity index is 1040. The van der Waals surface area contributed by atoms with Crippen LogP contribution in [0.25, 0.3) is 0 Å². The van der Waals surface area contributed by atoms with Crippen molar-refractivity contribution in [2.24, 2.45) is 5.73 Å². The number of halogens is 1. The summed E-state index contributed by atoms with van der Waals surface area (Å²) in [5.41, 5.74) is 5.99. The molecule has 0 radical (unpaired) electrons. The van der Waals surface area contributed by atoms with Gasteiger partial charge in [0.15, 0.2) is 0 Å². The third-order valence-corrected chi connectivity index (χ3v) is 5.63. The zero-order valence-electron chi connectivity index (χ0n) is 15.8. The lowest BCUT2D eigenvalue weighted by Crippen LogP contribution is -2.42.